The van der Waals surface area contributed by atoms with Crippen LogP contribution in [0.3, 0.4) is 0 Å². The normalized spacial score (nSPS) is 10.4. The van der Waals surface area contributed by atoms with Gasteiger partial charge in [0.2, 0.25) is 0 Å². The molecule has 0 spiro atoms. The first kappa shape index (κ1) is 16.7. The predicted molar refractivity (Wildman–Crippen MR) is 81.4 cm³/mol. The molecular weight excluding hydrogens is 252 g/mol. The highest BCUT2D eigenvalue weighted by molar-refractivity contribution is 5.37. The van der Waals surface area contributed by atoms with E-state index in [2.05, 4.69) is 28.9 Å². The Kier molecular flexibility index (Phi) is 8.68. The van der Waals surface area contributed by atoms with Crippen molar-refractivity contribution in [2.45, 2.75) is 6.54 Å². The molecule has 0 aliphatic heterocycles. The van der Waals surface area contributed by atoms with Gasteiger partial charge in [-0.15, -0.1) is 0 Å². The number of ether oxygens (including phenoxy) is 2. The molecule has 110 valence electrons. The molecule has 0 bridgehead atoms. The van der Waals surface area contributed by atoms with Gasteiger partial charge < -0.3 is 15.2 Å². The largest absolute Gasteiger partial charge is 0.383 e. The molecule has 0 heterocycles. The summed E-state index contributed by atoms with van der Waals surface area (Å²) in [5, 5.41) is 0. The first-order chi connectivity index (χ1) is 9.80. The summed E-state index contributed by atoms with van der Waals surface area (Å²) in [6.45, 7) is 4.47. The molecule has 0 aliphatic carbocycles. The van der Waals surface area contributed by atoms with Gasteiger partial charge in [0.25, 0.3) is 0 Å². The minimum absolute atomic E-state index is 0.387. The average molecular weight is 276 g/mol. The van der Waals surface area contributed by atoms with Gasteiger partial charge in [-0.1, -0.05) is 24.0 Å². The molecule has 0 atom stereocenters. The quantitative estimate of drug-likeness (QED) is 0.722. The lowest BCUT2D eigenvalue weighted by Gasteiger charge is -2.21. The SMILES string of the molecule is COCCN(CCOC)Cc1cccc(C#CCN)c1. The molecule has 0 aliphatic rings. The molecule has 0 saturated carbocycles. The van der Waals surface area contributed by atoms with Crippen molar-refractivity contribution in [1.82, 2.24) is 4.90 Å². The van der Waals surface area contributed by atoms with E-state index in [9.17, 15) is 0 Å². The third kappa shape index (κ3) is 6.69. The van der Waals surface area contributed by atoms with Crippen LogP contribution in [0.5, 0.6) is 0 Å². The Bertz CT molecular complexity index is 430. The Labute approximate surface area is 121 Å². The Morgan fingerprint density at radius 1 is 1.15 bits per heavy atom. The van der Waals surface area contributed by atoms with Crippen LogP contribution in [-0.4, -0.2) is 52.0 Å². The monoisotopic (exact) mass is 276 g/mol. The number of hydrogen-bond acceptors (Lipinski definition) is 4. The fraction of sp³-hybridized carbons (Fsp3) is 0.500. The molecule has 1 aromatic carbocycles. The van der Waals surface area contributed by atoms with E-state index in [1.807, 2.05) is 12.1 Å². The van der Waals surface area contributed by atoms with E-state index in [0.29, 0.717) is 6.54 Å². The van der Waals surface area contributed by atoms with Crippen LogP contribution >= 0.6 is 0 Å². The van der Waals surface area contributed by atoms with E-state index in [1.165, 1.54) is 5.56 Å². The van der Waals surface area contributed by atoms with Gasteiger partial charge in [-0.2, -0.15) is 0 Å². The van der Waals surface area contributed by atoms with Crippen molar-refractivity contribution in [3.63, 3.8) is 0 Å². The summed E-state index contributed by atoms with van der Waals surface area (Å²) in [6.07, 6.45) is 0. The van der Waals surface area contributed by atoms with E-state index in [-0.39, 0.29) is 0 Å². The van der Waals surface area contributed by atoms with Crippen LogP contribution in [0.1, 0.15) is 11.1 Å². The van der Waals surface area contributed by atoms with Crippen LogP contribution in [0.25, 0.3) is 0 Å². The predicted octanol–water partition coefficient (Wildman–Crippen LogP) is 1.09. The van der Waals surface area contributed by atoms with Crippen molar-refractivity contribution >= 4 is 0 Å². The summed E-state index contributed by atoms with van der Waals surface area (Å²) < 4.78 is 10.3. The molecule has 0 amide bonds. The topological polar surface area (TPSA) is 47.7 Å². The van der Waals surface area contributed by atoms with E-state index in [1.54, 1.807) is 14.2 Å². The van der Waals surface area contributed by atoms with E-state index < -0.39 is 0 Å². The minimum atomic E-state index is 0.387. The first-order valence-corrected chi connectivity index (χ1v) is 6.78. The van der Waals surface area contributed by atoms with Crippen molar-refractivity contribution < 1.29 is 9.47 Å². The third-order valence-electron chi connectivity index (χ3n) is 2.89. The maximum atomic E-state index is 5.40. The number of hydrogen-bond donors (Lipinski definition) is 1. The second-order valence-corrected chi connectivity index (χ2v) is 4.47. The van der Waals surface area contributed by atoms with E-state index in [0.717, 1.165) is 38.4 Å². The lowest BCUT2D eigenvalue weighted by molar-refractivity contribution is 0.110. The molecule has 20 heavy (non-hydrogen) atoms. The van der Waals surface area contributed by atoms with Crippen molar-refractivity contribution in [1.29, 1.82) is 0 Å². The summed E-state index contributed by atoms with van der Waals surface area (Å²) in [4.78, 5) is 2.31. The fourth-order valence-electron chi connectivity index (χ4n) is 1.87. The molecule has 0 saturated heterocycles. The Balaban J connectivity index is 2.66. The number of methoxy groups -OCH3 is 2. The van der Waals surface area contributed by atoms with E-state index >= 15 is 0 Å². The van der Waals surface area contributed by atoms with Crippen LogP contribution in [-0.2, 0) is 16.0 Å². The van der Waals surface area contributed by atoms with Gasteiger partial charge in [0.05, 0.1) is 19.8 Å². The highest BCUT2D eigenvalue weighted by Gasteiger charge is 2.06. The van der Waals surface area contributed by atoms with Gasteiger partial charge >= 0.3 is 0 Å². The average Bonchev–Trinajstić information content (AvgIpc) is 2.48. The Hall–Kier alpha value is -1.38. The molecule has 0 unspecified atom stereocenters. The lowest BCUT2D eigenvalue weighted by Crippen LogP contribution is -2.30. The zero-order chi connectivity index (χ0) is 14.6. The summed E-state index contributed by atoms with van der Waals surface area (Å²) in [5.74, 6) is 5.94. The van der Waals surface area contributed by atoms with Crippen molar-refractivity contribution in [2.75, 3.05) is 47.1 Å². The number of benzene rings is 1. The third-order valence-corrected chi connectivity index (χ3v) is 2.89. The molecule has 1 rings (SSSR count). The Morgan fingerprint density at radius 3 is 2.45 bits per heavy atom. The van der Waals surface area contributed by atoms with Gasteiger partial charge in [-0.25, -0.2) is 0 Å². The van der Waals surface area contributed by atoms with Crippen LogP contribution in [0, 0.1) is 11.8 Å². The highest BCUT2D eigenvalue weighted by Crippen LogP contribution is 2.08. The van der Waals surface area contributed by atoms with Gasteiger partial charge in [0.15, 0.2) is 0 Å². The molecular formula is C16H24N2O2. The molecule has 2 N–H and O–H groups in total. The number of nitrogens with two attached hydrogens (primary N) is 1. The van der Waals surface area contributed by atoms with Crippen LogP contribution in [0.4, 0.5) is 0 Å². The molecule has 0 radical (unpaired) electrons. The molecule has 4 nitrogen and oxygen atoms in total. The smallest absolute Gasteiger partial charge is 0.0589 e. The second-order valence-electron chi connectivity index (χ2n) is 4.47. The second kappa shape index (κ2) is 10.4. The summed E-state index contributed by atoms with van der Waals surface area (Å²) in [7, 11) is 3.44. The minimum Gasteiger partial charge on any atom is -0.383 e. The molecule has 0 aromatic heterocycles. The fourth-order valence-corrected chi connectivity index (χ4v) is 1.87. The number of nitrogens with zero attached hydrogens (tertiary/aromatic N) is 1. The summed E-state index contributed by atoms with van der Waals surface area (Å²) in [6, 6.07) is 8.25. The summed E-state index contributed by atoms with van der Waals surface area (Å²) >= 11 is 0. The van der Waals surface area contributed by atoms with Crippen molar-refractivity contribution in [3.8, 4) is 11.8 Å². The number of rotatable bonds is 8. The van der Waals surface area contributed by atoms with Gasteiger partial charge in [0.1, 0.15) is 0 Å². The van der Waals surface area contributed by atoms with Crippen LogP contribution in [0.2, 0.25) is 0 Å². The standard InChI is InChI=1S/C16H24N2O2/c1-19-11-9-18(10-12-20-2)14-16-6-3-5-15(13-16)7-4-8-17/h3,5-6,13H,8-12,14,17H2,1-2H3. The first-order valence-electron chi connectivity index (χ1n) is 6.78. The molecule has 1 aromatic rings. The molecule has 4 heteroatoms. The maximum Gasteiger partial charge on any atom is 0.0589 e. The van der Waals surface area contributed by atoms with Crippen LogP contribution in [0.15, 0.2) is 24.3 Å². The zero-order valence-corrected chi connectivity index (χ0v) is 12.4. The molecule has 0 fully saturated rings. The Morgan fingerprint density at radius 2 is 1.85 bits per heavy atom. The van der Waals surface area contributed by atoms with Gasteiger partial charge in [-0.05, 0) is 17.7 Å². The zero-order valence-electron chi connectivity index (χ0n) is 12.4. The summed E-state index contributed by atoms with van der Waals surface area (Å²) in [5.41, 5.74) is 7.64. The highest BCUT2D eigenvalue weighted by atomic mass is 16.5. The van der Waals surface area contributed by atoms with Gasteiger partial charge in [-0.3, -0.25) is 4.90 Å². The van der Waals surface area contributed by atoms with Gasteiger partial charge in [0, 0.05) is 39.4 Å². The van der Waals surface area contributed by atoms with E-state index in [4.69, 9.17) is 15.2 Å². The van der Waals surface area contributed by atoms with Crippen molar-refractivity contribution in [3.05, 3.63) is 35.4 Å². The van der Waals surface area contributed by atoms with Crippen molar-refractivity contribution in [2.24, 2.45) is 5.73 Å². The lowest BCUT2D eigenvalue weighted by atomic mass is 10.1. The van der Waals surface area contributed by atoms with Crippen LogP contribution < -0.4 is 5.73 Å². The maximum absolute atomic E-state index is 5.40.